The zero-order valence-electron chi connectivity index (χ0n) is 9.59. The number of nitrogen functional groups attached to an aromatic ring is 1. The minimum absolute atomic E-state index is 0.0623. The molecule has 0 spiro atoms. The van der Waals surface area contributed by atoms with E-state index in [4.69, 9.17) is 45.3 Å². The summed E-state index contributed by atoms with van der Waals surface area (Å²) in [6.07, 6.45) is 0. The molecule has 2 aromatic rings. The van der Waals surface area contributed by atoms with Gasteiger partial charge in [-0.1, -0.05) is 40.9 Å². The van der Waals surface area contributed by atoms with Gasteiger partial charge in [-0.3, -0.25) is 0 Å². The van der Waals surface area contributed by atoms with Crippen molar-refractivity contribution >= 4 is 40.5 Å². The average molecular weight is 321 g/mol. The number of benzene rings is 2. The molecule has 0 aromatic heterocycles. The van der Waals surface area contributed by atoms with Gasteiger partial charge in [0.25, 0.3) is 0 Å². The molecule has 6 heteroatoms. The van der Waals surface area contributed by atoms with E-state index in [0.717, 1.165) is 0 Å². The van der Waals surface area contributed by atoms with Crippen molar-refractivity contribution in [2.45, 2.75) is 6.61 Å². The van der Waals surface area contributed by atoms with Crippen LogP contribution in [-0.2, 0) is 6.61 Å². The van der Waals surface area contributed by atoms with Gasteiger partial charge in [0.1, 0.15) is 12.4 Å². The summed E-state index contributed by atoms with van der Waals surface area (Å²) in [7, 11) is 0. The van der Waals surface area contributed by atoms with Crippen LogP contribution in [0.3, 0.4) is 0 Å². The van der Waals surface area contributed by atoms with E-state index in [1.54, 1.807) is 6.07 Å². The molecule has 0 radical (unpaired) electrons. The number of nitrogens with two attached hydrogens (primary N) is 1. The average Bonchev–Trinajstić information content (AvgIpc) is 2.32. The summed E-state index contributed by atoms with van der Waals surface area (Å²) in [6.45, 7) is 0.122. The molecule has 0 aliphatic rings. The zero-order valence-corrected chi connectivity index (χ0v) is 11.9. The van der Waals surface area contributed by atoms with Gasteiger partial charge >= 0.3 is 0 Å². The summed E-state index contributed by atoms with van der Waals surface area (Å²) in [4.78, 5) is 0. The van der Waals surface area contributed by atoms with Gasteiger partial charge in [0.15, 0.2) is 5.75 Å². The molecule has 0 fully saturated rings. The van der Waals surface area contributed by atoms with Crippen molar-refractivity contribution in [2.24, 2.45) is 0 Å². The Kier molecular flexibility index (Phi) is 4.40. The highest BCUT2D eigenvalue weighted by molar-refractivity contribution is 6.37. The van der Waals surface area contributed by atoms with Crippen LogP contribution in [0, 0.1) is 5.82 Å². The third kappa shape index (κ3) is 3.44. The second kappa shape index (κ2) is 5.87. The highest BCUT2D eigenvalue weighted by atomic mass is 35.5. The summed E-state index contributed by atoms with van der Waals surface area (Å²) in [5, 5.41) is 0.672. The number of hydrogen-bond acceptors (Lipinski definition) is 2. The predicted molar refractivity (Wildman–Crippen MR) is 76.6 cm³/mol. The van der Waals surface area contributed by atoms with Crippen LogP contribution < -0.4 is 10.5 Å². The molecule has 0 aliphatic heterocycles. The van der Waals surface area contributed by atoms with Gasteiger partial charge in [0, 0.05) is 5.69 Å². The molecule has 0 unspecified atom stereocenters. The summed E-state index contributed by atoms with van der Waals surface area (Å²) < 4.78 is 18.7. The van der Waals surface area contributed by atoms with Crippen molar-refractivity contribution in [3.8, 4) is 5.75 Å². The third-order valence-electron chi connectivity index (χ3n) is 2.39. The molecule has 2 rings (SSSR count). The van der Waals surface area contributed by atoms with E-state index in [1.807, 2.05) is 0 Å². The van der Waals surface area contributed by atoms with Crippen LogP contribution in [0.1, 0.15) is 5.56 Å². The maximum Gasteiger partial charge on any atom is 0.157 e. The van der Waals surface area contributed by atoms with Crippen LogP contribution >= 0.6 is 34.8 Å². The van der Waals surface area contributed by atoms with Gasteiger partial charge in [-0.25, -0.2) is 4.39 Å². The summed E-state index contributed by atoms with van der Waals surface area (Å²) in [5.74, 6) is -0.190. The SMILES string of the molecule is Nc1cc(Cl)c(OCc2ccc(Cl)c(F)c2)c(Cl)c1. The highest BCUT2D eigenvalue weighted by Crippen LogP contribution is 2.35. The van der Waals surface area contributed by atoms with Gasteiger partial charge in [-0.15, -0.1) is 0 Å². The number of halogens is 4. The minimum Gasteiger partial charge on any atom is -0.486 e. The largest absolute Gasteiger partial charge is 0.486 e. The number of ether oxygens (including phenoxy) is 1. The molecule has 2 aromatic carbocycles. The number of anilines is 1. The third-order valence-corrected chi connectivity index (χ3v) is 3.26. The predicted octanol–water partition coefficient (Wildman–Crippen LogP) is 4.95. The lowest BCUT2D eigenvalue weighted by Gasteiger charge is -2.11. The van der Waals surface area contributed by atoms with E-state index in [9.17, 15) is 4.39 Å². The monoisotopic (exact) mass is 319 g/mol. The summed E-state index contributed by atoms with van der Waals surface area (Å²) in [5.41, 5.74) is 6.64. The fraction of sp³-hybridized carbons (Fsp3) is 0.0769. The zero-order chi connectivity index (χ0) is 14.0. The Bertz CT molecular complexity index is 596. The first kappa shape index (κ1) is 14.3. The molecule has 0 aliphatic carbocycles. The van der Waals surface area contributed by atoms with E-state index >= 15 is 0 Å². The first-order chi connectivity index (χ1) is 8.97. The molecule has 0 saturated heterocycles. The molecule has 0 heterocycles. The maximum absolute atomic E-state index is 13.3. The van der Waals surface area contributed by atoms with E-state index in [-0.39, 0.29) is 11.6 Å². The van der Waals surface area contributed by atoms with Crippen LogP contribution in [0.2, 0.25) is 15.1 Å². The quantitative estimate of drug-likeness (QED) is 0.812. The highest BCUT2D eigenvalue weighted by Gasteiger charge is 2.09. The van der Waals surface area contributed by atoms with Gasteiger partial charge in [-0.05, 0) is 29.8 Å². The van der Waals surface area contributed by atoms with Crippen molar-refractivity contribution < 1.29 is 9.13 Å². The van der Waals surface area contributed by atoms with E-state index in [0.29, 0.717) is 27.0 Å². The Morgan fingerprint density at radius 1 is 1.00 bits per heavy atom. The number of hydrogen-bond donors (Lipinski definition) is 1. The Hall–Kier alpha value is -1.16. The van der Waals surface area contributed by atoms with E-state index < -0.39 is 5.82 Å². The Morgan fingerprint density at radius 3 is 2.21 bits per heavy atom. The second-order valence-electron chi connectivity index (χ2n) is 3.85. The number of rotatable bonds is 3. The Labute approximate surface area is 124 Å². The van der Waals surface area contributed by atoms with Crippen LogP contribution in [0.5, 0.6) is 5.75 Å². The fourth-order valence-electron chi connectivity index (χ4n) is 1.50. The van der Waals surface area contributed by atoms with Crippen molar-refractivity contribution in [2.75, 3.05) is 5.73 Å². The van der Waals surface area contributed by atoms with Crippen molar-refractivity contribution in [3.63, 3.8) is 0 Å². The minimum atomic E-state index is -0.503. The van der Waals surface area contributed by atoms with Crippen LogP contribution in [0.25, 0.3) is 0 Å². The van der Waals surface area contributed by atoms with Crippen LogP contribution in [0.15, 0.2) is 30.3 Å². The van der Waals surface area contributed by atoms with Gasteiger partial charge in [0.2, 0.25) is 0 Å². The lowest BCUT2D eigenvalue weighted by molar-refractivity contribution is 0.306. The molecule has 2 nitrogen and oxygen atoms in total. The lowest BCUT2D eigenvalue weighted by atomic mass is 10.2. The standard InChI is InChI=1S/C13H9Cl3FNO/c14-9-2-1-7(3-12(9)17)6-19-13-10(15)4-8(18)5-11(13)16/h1-5H,6,18H2. The fourth-order valence-corrected chi connectivity index (χ4v) is 2.23. The van der Waals surface area contributed by atoms with Gasteiger partial charge in [0.05, 0.1) is 15.1 Å². The van der Waals surface area contributed by atoms with Gasteiger partial charge in [-0.2, -0.15) is 0 Å². The van der Waals surface area contributed by atoms with E-state index in [1.165, 1.54) is 24.3 Å². The molecule has 19 heavy (non-hydrogen) atoms. The van der Waals surface area contributed by atoms with Crippen molar-refractivity contribution in [1.82, 2.24) is 0 Å². The molecule has 2 N–H and O–H groups in total. The van der Waals surface area contributed by atoms with E-state index in [2.05, 4.69) is 0 Å². The molecule has 0 atom stereocenters. The van der Waals surface area contributed by atoms with Crippen LogP contribution in [0.4, 0.5) is 10.1 Å². The second-order valence-corrected chi connectivity index (χ2v) is 5.07. The molecular formula is C13H9Cl3FNO. The Morgan fingerprint density at radius 2 is 1.63 bits per heavy atom. The van der Waals surface area contributed by atoms with Crippen molar-refractivity contribution in [3.05, 3.63) is 56.8 Å². The molecule has 0 amide bonds. The molecule has 100 valence electrons. The molecular weight excluding hydrogens is 312 g/mol. The first-order valence-corrected chi connectivity index (χ1v) is 6.42. The first-order valence-electron chi connectivity index (χ1n) is 5.28. The topological polar surface area (TPSA) is 35.2 Å². The van der Waals surface area contributed by atoms with Gasteiger partial charge < -0.3 is 10.5 Å². The lowest BCUT2D eigenvalue weighted by Crippen LogP contribution is -1.98. The molecule has 0 saturated carbocycles. The smallest absolute Gasteiger partial charge is 0.157 e. The normalized spacial score (nSPS) is 10.5. The van der Waals surface area contributed by atoms with Crippen LogP contribution in [-0.4, -0.2) is 0 Å². The maximum atomic E-state index is 13.3. The Balaban J connectivity index is 2.16. The molecule has 0 bridgehead atoms. The summed E-state index contributed by atoms with van der Waals surface area (Å²) >= 11 is 17.5. The van der Waals surface area contributed by atoms with Crippen molar-refractivity contribution in [1.29, 1.82) is 0 Å². The summed E-state index contributed by atoms with van der Waals surface area (Å²) in [6, 6.07) is 7.48.